The molecular formula is C9H13N3O3S2. The molecule has 2 rings (SSSR count). The molecule has 1 atom stereocenters. The van der Waals surface area contributed by atoms with Gasteiger partial charge in [-0.1, -0.05) is 4.49 Å². The Morgan fingerprint density at radius 2 is 2.24 bits per heavy atom. The van der Waals surface area contributed by atoms with Gasteiger partial charge in [0.2, 0.25) is 0 Å². The molecule has 1 aliphatic heterocycles. The minimum Gasteiger partial charge on any atom is -0.336 e. The average Bonchev–Trinajstić information content (AvgIpc) is 2.83. The molecule has 0 radical (unpaired) electrons. The van der Waals surface area contributed by atoms with E-state index in [4.69, 9.17) is 0 Å². The van der Waals surface area contributed by atoms with Crippen molar-refractivity contribution in [2.75, 3.05) is 19.3 Å². The minimum absolute atomic E-state index is 0.163. The van der Waals surface area contributed by atoms with Crippen molar-refractivity contribution in [1.82, 2.24) is 14.5 Å². The van der Waals surface area contributed by atoms with Crippen molar-refractivity contribution in [2.24, 2.45) is 0 Å². The van der Waals surface area contributed by atoms with Crippen molar-refractivity contribution >= 4 is 27.3 Å². The summed E-state index contributed by atoms with van der Waals surface area (Å²) < 4.78 is 26.5. The number of aromatic nitrogens is 2. The SMILES string of the molecule is Cc1nnsc1C(=O)N1CCC(S(C)(=O)=O)C1. The van der Waals surface area contributed by atoms with E-state index in [1.54, 1.807) is 11.8 Å². The Kier molecular flexibility index (Phi) is 3.17. The summed E-state index contributed by atoms with van der Waals surface area (Å²) in [6, 6.07) is 0. The number of aryl methyl sites for hydroxylation is 1. The van der Waals surface area contributed by atoms with Crippen LogP contribution in [0.3, 0.4) is 0 Å². The third-order valence-corrected chi connectivity index (χ3v) is 5.30. The number of carbonyl (C=O) groups excluding carboxylic acids is 1. The van der Waals surface area contributed by atoms with Crippen LogP contribution in [0.4, 0.5) is 0 Å². The van der Waals surface area contributed by atoms with E-state index in [1.165, 1.54) is 6.26 Å². The van der Waals surface area contributed by atoms with Crippen molar-refractivity contribution in [3.63, 3.8) is 0 Å². The predicted molar refractivity (Wildman–Crippen MR) is 63.8 cm³/mol. The molecule has 1 amide bonds. The molecule has 0 N–H and O–H groups in total. The number of rotatable bonds is 2. The first-order valence-corrected chi connectivity index (χ1v) is 7.89. The Morgan fingerprint density at radius 3 is 2.71 bits per heavy atom. The number of hydrogen-bond acceptors (Lipinski definition) is 6. The average molecular weight is 275 g/mol. The minimum atomic E-state index is -3.07. The van der Waals surface area contributed by atoms with E-state index >= 15 is 0 Å². The molecule has 1 aromatic heterocycles. The Morgan fingerprint density at radius 1 is 1.53 bits per heavy atom. The molecule has 1 saturated heterocycles. The fraction of sp³-hybridized carbons (Fsp3) is 0.667. The van der Waals surface area contributed by atoms with Crippen LogP contribution >= 0.6 is 11.5 Å². The van der Waals surface area contributed by atoms with E-state index in [2.05, 4.69) is 9.59 Å². The van der Waals surface area contributed by atoms with Crippen molar-refractivity contribution in [2.45, 2.75) is 18.6 Å². The predicted octanol–water partition coefficient (Wildman–Crippen LogP) is 0.106. The van der Waals surface area contributed by atoms with Gasteiger partial charge in [0, 0.05) is 19.3 Å². The molecule has 0 aromatic carbocycles. The lowest BCUT2D eigenvalue weighted by molar-refractivity contribution is 0.0797. The summed E-state index contributed by atoms with van der Waals surface area (Å²) in [4.78, 5) is 14.1. The van der Waals surface area contributed by atoms with Gasteiger partial charge in [-0.15, -0.1) is 5.10 Å². The summed E-state index contributed by atoms with van der Waals surface area (Å²) in [6.45, 7) is 2.48. The van der Waals surface area contributed by atoms with E-state index in [1.807, 2.05) is 0 Å². The van der Waals surface area contributed by atoms with Crippen LogP contribution in [0.25, 0.3) is 0 Å². The van der Waals surface area contributed by atoms with Crippen LogP contribution in [0.15, 0.2) is 0 Å². The van der Waals surface area contributed by atoms with E-state index < -0.39 is 15.1 Å². The highest BCUT2D eigenvalue weighted by Crippen LogP contribution is 2.20. The van der Waals surface area contributed by atoms with Crippen LogP contribution in [0.1, 0.15) is 21.8 Å². The fourth-order valence-corrected chi connectivity index (χ4v) is 3.44. The first-order chi connectivity index (χ1) is 7.89. The highest BCUT2D eigenvalue weighted by atomic mass is 32.2. The van der Waals surface area contributed by atoms with Gasteiger partial charge in [0.15, 0.2) is 9.84 Å². The molecule has 2 heterocycles. The molecule has 1 unspecified atom stereocenters. The number of amides is 1. The lowest BCUT2D eigenvalue weighted by Crippen LogP contribution is -2.31. The molecule has 1 aromatic rings. The first-order valence-electron chi connectivity index (χ1n) is 5.16. The highest BCUT2D eigenvalue weighted by molar-refractivity contribution is 7.91. The number of nitrogens with zero attached hydrogens (tertiary/aromatic N) is 3. The van der Waals surface area contributed by atoms with E-state index in [-0.39, 0.29) is 12.5 Å². The Bertz CT molecular complexity index is 537. The van der Waals surface area contributed by atoms with Gasteiger partial charge in [-0.2, -0.15) is 0 Å². The van der Waals surface area contributed by atoms with Crippen LogP contribution in [-0.2, 0) is 9.84 Å². The third-order valence-electron chi connectivity index (χ3n) is 2.88. The number of carbonyl (C=O) groups is 1. The maximum Gasteiger partial charge on any atom is 0.267 e. The maximum atomic E-state index is 12.1. The van der Waals surface area contributed by atoms with Crippen LogP contribution < -0.4 is 0 Å². The molecule has 0 aliphatic carbocycles. The molecule has 17 heavy (non-hydrogen) atoms. The van der Waals surface area contributed by atoms with E-state index in [0.717, 1.165) is 11.5 Å². The van der Waals surface area contributed by atoms with Gasteiger partial charge in [0.25, 0.3) is 5.91 Å². The summed E-state index contributed by atoms with van der Waals surface area (Å²) in [6.07, 6.45) is 1.72. The Balaban J connectivity index is 2.12. The van der Waals surface area contributed by atoms with Gasteiger partial charge in [-0.25, -0.2) is 8.42 Å². The molecule has 0 bridgehead atoms. The maximum absolute atomic E-state index is 12.1. The van der Waals surface area contributed by atoms with Gasteiger partial charge in [-0.05, 0) is 24.9 Å². The molecular weight excluding hydrogens is 262 g/mol. The van der Waals surface area contributed by atoms with Crippen molar-refractivity contribution in [1.29, 1.82) is 0 Å². The number of hydrogen-bond donors (Lipinski definition) is 0. The lowest BCUT2D eigenvalue weighted by atomic mass is 10.3. The lowest BCUT2D eigenvalue weighted by Gasteiger charge is -2.14. The van der Waals surface area contributed by atoms with Crippen LogP contribution in [-0.4, -0.2) is 53.4 Å². The van der Waals surface area contributed by atoms with Gasteiger partial charge < -0.3 is 4.90 Å². The van der Waals surface area contributed by atoms with Gasteiger partial charge in [0.05, 0.1) is 10.9 Å². The van der Waals surface area contributed by atoms with Gasteiger partial charge >= 0.3 is 0 Å². The summed E-state index contributed by atoms with van der Waals surface area (Å²) in [5, 5.41) is 3.34. The summed E-state index contributed by atoms with van der Waals surface area (Å²) in [5.74, 6) is -0.163. The van der Waals surface area contributed by atoms with Crippen LogP contribution in [0, 0.1) is 6.92 Å². The normalized spacial score (nSPS) is 20.8. The standard InChI is InChI=1S/C9H13N3O3S2/c1-6-8(16-11-10-6)9(13)12-4-3-7(5-12)17(2,14)15/h7H,3-5H2,1-2H3. The quantitative estimate of drug-likeness (QED) is 0.765. The molecule has 6 nitrogen and oxygen atoms in total. The van der Waals surface area contributed by atoms with Gasteiger partial charge in [0.1, 0.15) is 4.88 Å². The second kappa shape index (κ2) is 4.34. The molecule has 1 aliphatic rings. The Hall–Kier alpha value is -1.02. The third kappa shape index (κ3) is 2.47. The summed E-state index contributed by atoms with van der Waals surface area (Å²) in [7, 11) is -3.07. The second-order valence-electron chi connectivity index (χ2n) is 4.18. The number of likely N-dealkylation sites (tertiary alicyclic amines) is 1. The monoisotopic (exact) mass is 275 g/mol. The topological polar surface area (TPSA) is 80.2 Å². The molecule has 0 saturated carbocycles. The van der Waals surface area contributed by atoms with Crippen molar-refractivity contribution in [3.8, 4) is 0 Å². The van der Waals surface area contributed by atoms with Gasteiger partial charge in [-0.3, -0.25) is 4.79 Å². The first kappa shape index (κ1) is 12.4. The summed E-state index contributed by atoms with van der Waals surface area (Å²) in [5.41, 5.74) is 0.600. The van der Waals surface area contributed by atoms with E-state index in [9.17, 15) is 13.2 Å². The van der Waals surface area contributed by atoms with Crippen LogP contribution in [0.2, 0.25) is 0 Å². The molecule has 8 heteroatoms. The molecule has 0 spiro atoms. The van der Waals surface area contributed by atoms with Crippen molar-refractivity contribution in [3.05, 3.63) is 10.6 Å². The summed E-state index contributed by atoms with van der Waals surface area (Å²) >= 11 is 1.05. The fourth-order valence-electron chi connectivity index (χ4n) is 1.83. The zero-order valence-electron chi connectivity index (χ0n) is 9.58. The van der Waals surface area contributed by atoms with E-state index in [0.29, 0.717) is 23.5 Å². The zero-order chi connectivity index (χ0) is 12.6. The largest absolute Gasteiger partial charge is 0.336 e. The van der Waals surface area contributed by atoms with Crippen molar-refractivity contribution < 1.29 is 13.2 Å². The molecule has 94 valence electrons. The smallest absolute Gasteiger partial charge is 0.267 e. The number of sulfone groups is 1. The Labute approximate surface area is 104 Å². The zero-order valence-corrected chi connectivity index (χ0v) is 11.2. The van der Waals surface area contributed by atoms with Crippen LogP contribution in [0.5, 0.6) is 0 Å². The second-order valence-corrected chi connectivity index (χ2v) is 7.26. The highest BCUT2D eigenvalue weighted by Gasteiger charge is 2.34. The molecule has 1 fully saturated rings.